The van der Waals surface area contributed by atoms with Crippen LogP contribution in [0, 0.1) is 3.70 Å². The number of thiazole rings is 1. The minimum absolute atomic E-state index is 0.0538. The quantitative estimate of drug-likeness (QED) is 0.389. The standard InChI is InChI=1S/C18H14IN7S/c1-10(26-18-14(16(19)24-26)17(20)21-8-22-18)12-6-11-4-2-3-5-25(11)15(12)13-7-27-9-23-13/h2-10H,1H3,(H2,20,21,22). The molecule has 0 spiro atoms. The Bertz CT molecular complexity index is 1270. The van der Waals surface area contributed by atoms with Gasteiger partial charge in [-0.2, -0.15) is 5.10 Å². The van der Waals surface area contributed by atoms with Crippen LogP contribution >= 0.6 is 33.9 Å². The first-order chi connectivity index (χ1) is 13.1. The molecule has 0 aliphatic rings. The number of hydrogen-bond acceptors (Lipinski definition) is 6. The van der Waals surface area contributed by atoms with Crippen LogP contribution in [0.5, 0.6) is 0 Å². The Morgan fingerprint density at radius 1 is 1.22 bits per heavy atom. The second-order valence-corrected chi connectivity index (χ2v) is 7.93. The van der Waals surface area contributed by atoms with Crippen molar-refractivity contribution in [3.8, 4) is 11.4 Å². The zero-order chi connectivity index (χ0) is 18.5. The number of pyridine rings is 1. The largest absolute Gasteiger partial charge is 0.383 e. The Balaban J connectivity index is 1.78. The van der Waals surface area contributed by atoms with Crippen molar-refractivity contribution in [2.45, 2.75) is 13.0 Å². The van der Waals surface area contributed by atoms with Crippen LogP contribution < -0.4 is 5.73 Å². The summed E-state index contributed by atoms with van der Waals surface area (Å²) in [5, 5.41) is 7.57. The highest BCUT2D eigenvalue weighted by atomic mass is 127. The average molecular weight is 487 g/mol. The van der Waals surface area contributed by atoms with E-state index < -0.39 is 0 Å². The topological polar surface area (TPSA) is 86.9 Å². The minimum atomic E-state index is -0.0538. The van der Waals surface area contributed by atoms with E-state index in [0.717, 1.165) is 37.2 Å². The third-order valence-electron chi connectivity index (χ3n) is 4.68. The third kappa shape index (κ3) is 2.52. The fourth-order valence-corrected chi connectivity index (χ4v) is 4.70. The highest BCUT2D eigenvalue weighted by molar-refractivity contribution is 14.1. The van der Waals surface area contributed by atoms with Crippen molar-refractivity contribution in [1.29, 1.82) is 0 Å². The van der Waals surface area contributed by atoms with Crippen molar-refractivity contribution in [3.63, 3.8) is 0 Å². The van der Waals surface area contributed by atoms with Crippen LogP contribution in [-0.4, -0.2) is 29.1 Å². The highest BCUT2D eigenvalue weighted by Gasteiger charge is 2.24. The maximum Gasteiger partial charge on any atom is 0.165 e. The van der Waals surface area contributed by atoms with Gasteiger partial charge in [-0.05, 0) is 47.7 Å². The summed E-state index contributed by atoms with van der Waals surface area (Å²) in [5.41, 5.74) is 12.9. The van der Waals surface area contributed by atoms with Gasteiger partial charge in [0.25, 0.3) is 0 Å². The number of aromatic nitrogens is 6. The van der Waals surface area contributed by atoms with Crippen molar-refractivity contribution in [2.24, 2.45) is 0 Å². The molecule has 5 aromatic heterocycles. The lowest BCUT2D eigenvalue weighted by Crippen LogP contribution is -2.10. The number of anilines is 1. The van der Waals surface area contributed by atoms with E-state index in [1.807, 2.05) is 22.3 Å². The van der Waals surface area contributed by atoms with Gasteiger partial charge in [0.15, 0.2) is 5.65 Å². The summed E-state index contributed by atoms with van der Waals surface area (Å²) in [6.45, 7) is 2.12. The Morgan fingerprint density at radius 2 is 2.11 bits per heavy atom. The summed E-state index contributed by atoms with van der Waals surface area (Å²) in [6, 6.07) is 8.29. The van der Waals surface area contributed by atoms with Gasteiger partial charge < -0.3 is 10.1 Å². The first kappa shape index (κ1) is 16.6. The van der Waals surface area contributed by atoms with E-state index in [2.05, 4.69) is 72.6 Å². The predicted molar refractivity (Wildman–Crippen MR) is 115 cm³/mol. The summed E-state index contributed by atoms with van der Waals surface area (Å²) in [5.74, 6) is 0.449. The smallest absolute Gasteiger partial charge is 0.165 e. The van der Waals surface area contributed by atoms with E-state index in [9.17, 15) is 0 Å². The number of fused-ring (bicyclic) bond motifs is 2. The van der Waals surface area contributed by atoms with Gasteiger partial charge in [0, 0.05) is 22.7 Å². The fraction of sp³-hybridized carbons (Fsp3) is 0.111. The number of hydrogen-bond donors (Lipinski definition) is 1. The molecule has 9 heteroatoms. The van der Waals surface area contributed by atoms with Gasteiger partial charge in [0.05, 0.1) is 28.3 Å². The minimum Gasteiger partial charge on any atom is -0.383 e. The SMILES string of the molecule is CC(c1cc2ccccn2c1-c1cscn1)n1nc(I)c2c(N)ncnc21. The molecule has 1 unspecified atom stereocenters. The maximum absolute atomic E-state index is 6.06. The van der Waals surface area contributed by atoms with E-state index in [0.29, 0.717) is 5.82 Å². The van der Waals surface area contributed by atoms with Crippen molar-refractivity contribution in [3.05, 3.63) is 56.9 Å². The lowest BCUT2D eigenvalue weighted by molar-refractivity contribution is 0.576. The molecule has 0 aliphatic carbocycles. The predicted octanol–water partition coefficient (Wildman–Crippen LogP) is 4.00. The number of halogens is 1. The van der Waals surface area contributed by atoms with Crippen molar-refractivity contribution in [2.75, 3.05) is 5.73 Å². The molecule has 5 rings (SSSR count). The van der Waals surface area contributed by atoms with Gasteiger partial charge in [-0.3, -0.25) is 0 Å². The first-order valence-electron chi connectivity index (χ1n) is 8.28. The van der Waals surface area contributed by atoms with Crippen LogP contribution in [0.25, 0.3) is 27.9 Å². The molecule has 2 N–H and O–H groups in total. The number of nitrogen functional groups attached to an aromatic ring is 1. The molecular formula is C18H14IN7S. The van der Waals surface area contributed by atoms with Crippen LogP contribution in [0.15, 0.2) is 47.7 Å². The van der Waals surface area contributed by atoms with E-state index in [1.54, 1.807) is 11.3 Å². The molecule has 0 radical (unpaired) electrons. The molecule has 0 bridgehead atoms. The third-order valence-corrected chi connectivity index (χ3v) is 6.02. The average Bonchev–Trinajstić information content (AvgIpc) is 3.38. The molecule has 5 aromatic rings. The van der Waals surface area contributed by atoms with Gasteiger partial charge >= 0.3 is 0 Å². The summed E-state index contributed by atoms with van der Waals surface area (Å²) in [6.07, 6.45) is 3.54. The lowest BCUT2D eigenvalue weighted by atomic mass is 10.1. The van der Waals surface area contributed by atoms with E-state index >= 15 is 0 Å². The molecule has 0 saturated heterocycles. The second kappa shape index (κ2) is 6.27. The Morgan fingerprint density at radius 3 is 2.93 bits per heavy atom. The monoisotopic (exact) mass is 487 g/mol. The zero-order valence-electron chi connectivity index (χ0n) is 14.2. The molecule has 27 heavy (non-hydrogen) atoms. The molecule has 0 fully saturated rings. The van der Waals surface area contributed by atoms with E-state index in [4.69, 9.17) is 10.8 Å². The molecule has 0 aliphatic heterocycles. The first-order valence-corrected chi connectivity index (χ1v) is 10.3. The maximum atomic E-state index is 6.06. The summed E-state index contributed by atoms with van der Waals surface area (Å²) in [7, 11) is 0. The summed E-state index contributed by atoms with van der Waals surface area (Å²) < 4.78 is 4.88. The van der Waals surface area contributed by atoms with Crippen LogP contribution in [0.2, 0.25) is 0 Å². The van der Waals surface area contributed by atoms with Gasteiger partial charge in [-0.15, -0.1) is 11.3 Å². The number of nitrogens with two attached hydrogens (primary N) is 1. The Labute approximate surface area is 172 Å². The highest BCUT2D eigenvalue weighted by Crippen LogP contribution is 2.35. The fourth-order valence-electron chi connectivity index (χ4n) is 3.42. The molecule has 1 atom stereocenters. The van der Waals surface area contributed by atoms with Crippen LogP contribution in [-0.2, 0) is 0 Å². The number of rotatable bonds is 3. The second-order valence-electron chi connectivity index (χ2n) is 6.19. The van der Waals surface area contributed by atoms with Crippen LogP contribution in [0.3, 0.4) is 0 Å². The van der Waals surface area contributed by atoms with Crippen molar-refractivity contribution < 1.29 is 0 Å². The summed E-state index contributed by atoms with van der Waals surface area (Å²) >= 11 is 3.77. The van der Waals surface area contributed by atoms with Gasteiger partial charge in [-0.25, -0.2) is 19.6 Å². The van der Waals surface area contributed by atoms with Crippen molar-refractivity contribution in [1.82, 2.24) is 29.1 Å². The van der Waals surface area contributed by atoms with E-state index in [1.165, 1.54) is 6.33 Å². The molecule has 7 nitrogen and oxygen atoms in total. The molecule has 0 aromatic carbocycles. The normalized spacial score (nSPS) is 12.8. The van der Waals surface area contributed by atoms with Crippen LogP contribution in [0.1, 0.15) is 18.5 Å². The summed E-state index contributed by atoms with van der Waals surface area (Å²) in [4.78, 5) is 13.1. The van der Waals surface area contributed by atoms with E-state index in [-0.39, 0.29) is 6.04 Å². The van der Waals surface area contributed by atoms with Gasteiger partial charge in [-0.1, -0.05) is 6.07 Å². The van der Waals surface area contributed by atoms with Crippen LogP contribution in [0.4, 0.5) is 5.82 Å². The zero-order valence-corrected chi connectivity index (χ0v) is 17.2. The Kier molecular flexibility index (Phi) is 3.86. The lowest BCUT2D eigenvalue weighted by Gasteiger charge is -2.14. The molecule has 0 saturated carbocycles. The van der Waals surface area contributed by atoms with Gasteiger partial charge in [0.2, 0.25) is 0 Å². The molecular weight excluding hydrogens is 473 g/mol. The molecule has 134 valence electrons. The molecule has 5 heterocycles. The van der Waals surface area contributed by atoms with Gasteiger partial charge in [0.1, 0.15) is 15.8 Å². The van der Waals surface area contributed by atoms with Crippen molar-refractivity contribution >= 4 is 56.3 Å². The Hall–Kier alpha value is -2.53. The molecule has 0 amide bonds. The number of nitrogens with zero attached hydrogens (tertiary/aromatic N) is 6.